The molecule has 2 aliphatic carbocycles. The van der Waals surface area contributed by atoms with Crippen molar-refractivity contribution >= 4 is 16.8 Å². The van der Waals surface area contributed by atoms with Crippen molar-refractivity contribution in [3.8, 4) is 33.8 Å². The highest BCUT2D eigenvalue weighted by molar-refractivity contribution is 6.09. The maximum Gasteiger partial charge on any atom is 0.178 e. The van der Waals surface area contributed by atoms with Gasteiger partial charge in [-0.1, -0.05) is 125 Å². The lowest BCUT2D eigenvalue weighted by Gasteiger charge is -2.39. The normalized spacial score (nSPS) is 19.1. The van der Waals surface area contributed by atoms with Gasteiger partial charge in [0.2, 0.25) is 0 Å². The molecule has 0 fully saturated rings. The predicted molar refractivity (Wildman–Crippen MR) is 189 cm³/mol. The molecular weight excluding hydrogens is 560 g/mol. The summed E-state index contributed by atoms with van der Waals surface area (Å²) in [6.45, 7) is 9.37. The molecule has 9 rings (SSSR count). The SMILES string of the molecule is COc1ccc2c3c(c4c(c2c1)OC(c1ccccc1)(c1ccc2c(c1)C(C)(C)c1ccccc1-2)C=C4)C(C)(C)c1ccccc1-3. The molecule has 3 aliphatic rings. The van der Waals surface area contributed by atoms with Crippen molar-refractivity contribution < 1.29 is 9.47 Å². The summed E-state index contributed by atoms with van der Waals surface area (Å²) < 4.78 is 13.4. The van der Waals surface area contributed by atoms with E-state index in [1.165, 1.54) is 49.9 Å². The van der Waals surface area contributed by atoms with Crippen molar-refractivity contribution in [3.05, 3.63) is 160 Å². The lowest BCUT2D eigenvalue weighted by Crippen LogP contribution is -2.35. The Bertz CT molecular complexity index is 2270. The van der Waals surface area contributed by atoms with E-state index in [-0.39, 0.29) is 10.8 Å². The zero-order chi connectivity index (χ0) is 31.4. The first-order valence-electron chi connectivity index (χ1n) is 16.2. The predicted octanol–water partition coefficient (Wildman–Crippen LogP) is 10.8. The molecule has 46 heavy (non-hydrogen) atoms. The molecule has 0 N–H and O–H groups in total. The maximum absolute atomic E-state index is 7.58. The summed E-state index contributed by atoms with van der Waals surface area (Å²) in [5.74, 6) is 1.73. The number of methoxy groups -OCH3 is 1. The van der Waals surface area contributed by atoms with Crippen LogP contribution < -0.4 is 9.47 Å². The van der Waals surface area contributed by atoms with Gasteiger partial charge in [0.15, 0.2) is 5.60 Å². The third kappa shape index (κ3) is 3.42. The molecule has 1 heterocycles. The van der Waals surface area contributed by atoms with E-state index < -0.39 is 5.60 Å². The van der Waals surface area contributed by atoms with E-state index in [1.54, 1.807) is 7.11 Å². The zero-order valence-electron chi connectivity index (χ0n) is 26.9. The monoisotopic (exact) mass is 596 g/mol. The average Bonchev–Trinajstić information content (AvgIpc) is 3.48. The lowest BCUT2D eigenvalue weighted by atomic mass is 9.76. The molecule has 2 nitrogen and oxygen atoms in total. The summed E-state index contributed by atoms with van der Waals surface area (Å²) in [5.41, 5.74) is 12.9. The van der Waals surface area contributed by atoms with Crippen molar-refractivity contribution in [2.24, 2.45) is 0 Å². The van der Waals surface area contributed by atoms with Crippen LogP contribution in [0.3, 0.4) is 0 Å². The topological polar surface area (TPSA) is 18.5 Å². The van der Waals surface area contributed by atoms with Crippen LogP contribution in [0.15, 0.2) is 121 Å². The Morgan fingerprint density at radius 3 is 2.00 bits per heavy atom. The smallest absolute Gasteiger partial charge is 0.178 e. The molecule has 0 amide bonds. The van der Waals surface area contributed by atoms with Crippen LogP contribution in [0.2, 0.25) is 0 Å². The molecule has 1 aliphatic heterocycles. The largest absolute Gasteiger partial charge is 0.497 e. The van der Waals surface area contributed by atoms with Crippen LogP contribution in [0.5, 0.6) is 11.5 Å². The van der Waals surface area contributed by atoms with Gasteiger partial charge in [0, 0.05) is 32.9 Å². The van der Waals surface area contributed by atoms with E-state index in [0.717, 1.165) is 33.6 Å². The number of hydrogen-bond donors (Lipinski definition) is 0. The first-order valence-corrected chi connectivity index (χ1v) is 16.2. The first kappa shape index (κ1) is 27.2. The molecule has 6 aromatic carbocycles. The Kier molecular flexibility index (Phi) is 5.47. The van der Waals surface area contributed by atoms with Crippen molar-refractivity contribution in [1.29, 1.82) is 0 Å². The molecule has 2 heteroatoms. The second kappa shape index (κ2) is 9.23. The molecule has 224 valence electrons. The molecular formula is C44H36O2. The Labute approximate surface area is 271 Å². The van der Waals surface area contributed by atoms with Crippen molar-refractivity contribution in [2.75, 3.05) is 7.11 Å². The summed E-state index contributed by atoms with van der Waals surface area (Å²) >= 11 is 0. The molecule has 0 bridgehead atoms. The second-order valence-electron chi connectivity index (χ2n) is 14.0. The number of rotatable bonds is 3. The summed E-state index contributed by atoms with van der Waals surface area (Å²) in [5, 5.41) is 2.26. The molecule has 1 unspecified atom stereocenters. The highest BCUT2D eigenvalue weighted by Gasteiger charge is 2.45. The Hall–Kier alpha value is -5.08. The fraction of sp³-hybridized carbons (Fsp3) is 0.182. The molecule has 0 radical (unpaired) electrons. The van der Waals surface area contributed by atoms with Gasteiger partial charge >= 0.3 is 0 Å². The van der Waals surface area contributed by atoms with Crippen LogP contribution >= 0.6 is 0 Å². The summed E-state index contributed by atoms with van der Waals surface area (Å²) in [6.07, 6.45) is 4.64. The van der Waals surface area contributed by atoms with Crippen molar-refractivity contribution in [2.45, 2.75) is 44.1 Å². The summed E-state index contributed by atoms with van der Waals surface area (Å²) in [7, 11) is 1.73. The quantitative estimate of drug-likeness (QED) is 0.202. The zero-order valence-corrected chi connectivity index (χ0v) is 26.9. The van der Waals surface area contributed by atoms with E-state index >= 15 is 0 Å². The fourth-order valence-corrected chi connectivity index (χ4v) is 8.66. The van der Waals surface area contributed by atoms with E-state index in [2.05, 4.69) is 155 Å². The molecule has 1 atom stereocenters. The summed E-state index contributed by atoms with van der Waals surface area (Å²) in [6, 6.07) is 41.8. The highest BCUT2D eigenvalue weighted by Crippen LogP contribution is 2.59. The van der Waals surface area contributed by atoms with Gasteiger partial charge < -0.3 is 9.47 Å². The van der Waals surface area contributed by atoms with Crippen molar-refractivity contribution in [3.63, 3.8) is 0 Å². The maximum atomic E-state index is 7.58. The minimum absolute atomic E-state index is 0.118. The molecule has 0 aromatic heterocycles. The van der Waals surface area contributed by atoms with Gasteiger partial charge in [-0.05, 0) is 80.2 Å². The molecule has 0 saturated carbocycles. The van der Waals surface area contributed by atoms with Gasteiger partial charge in [-0.15, -0.1) is 0 Å². The van der Waals surface area contributed by atoms with E-state index in [4.69, 9.17) is 9.47 Å². The van der Waals surface area contributed by atoms with Crippen LogP contribution in [0.1, 0.15) is 66.6 Å². The van der Waals surface area contributed by atoms with Crippen LogP contribution in [-0.2, 0) is 16.4 Å². The highest BCUT2D eigenvalue weighted by atomic mass is 16.5. The number of benzene rings is 6. The summed E-state index contributed by atoms with van der Waals surface area (Å²) in [4.78, 5) is 0. The van der Waals surface area contributed by atoms with E-state index in [9.17, 15) is 0 Å². The van der Waals surface area contributed by atoms with E-state index in [0.29, 0.717) is 0 Å². The molecule has 0 saturated heterocycles. The number of fused-ring (bicyclic) bond motifs is 11. The minimum atomic E-state index is -0.825. The van der Waals surface area contributed by atoms with Crippen molar-refractivity contribution in [1.82, 2.24) is 0 Å². The van der Waals surface area contributed by atoms with Crippen LogP contribution in [0.4, 0.5) is 0 Å². The van der Waals surface area contributed by atoms with Gasteiger partial charge in [-0.3, -0.25) is 0 Å². The first-order chi connectivity index (χ1) is 22.3. The van der Waals surface area contributed by atoms with E-state index in [1.807, 2.05) is 0 Å². The molecule has 0 spiro atoms. The number of ether oxygens (including phenoxy) is 2. The third-order valence-corrected chi connectivity index (χ3v) is 11.0. The Morgan fingerprint density at radius 1 is 0.565 bits per heavy atom. The van der Waals surface area contributed by atoms with Gasteiger partial charge in [0.25, 0.3) is 0 Å². The van der Waals surface area contributed by atoms with Gasteiger partial charge in [0.1, 0.15) is 11.5 Å². The Morgan fingerprint density at radius 2 is 1.24 bits per heavy atom. The standard InChI is InChI=1S/C44H36O2/c1-42(2)36-17-11-9-15-30(36)31-21-19-28(25-38(31)42)44(27-13-7-6-8-14-27)24-23-34-40-39(33-16-10-12-18-37(33)43(40,3)4)32-22-20-29(45-5)26-35(32)41(34)46-44/h6-26H,1-5H3. The van der Waals surface area contributed by atoms with Crippen LogP contribution in [0.25, 0.3) is 39.1 Å². The minimum Gasteiger partial charge on any atom is -0.497 e. The average molecular weight is 597 g/mol. The van der Waals surface area contributed by atoms with Gasteiger partial charge in [0.05, 0.1) is 7.11 Å². The fourth-order valence-electron chi connectivity index (χ4n) is 8.66. The lowest BCUT2D eigenvalue weighted by molar-refractivity contribution is 0.163. The Balaban J connectivity index is 1.34. The van der Waals surface area contributed by atoms with Crippen LogP contribution in [0, 0.1) is 0 Å². The third-order valence-electron chi connectivity index (χ3n) is 11.0. The van der Waals surface area contributed by atoms with Gasteiger partial charge in [-0.2, -0.15) is 0 Å². The number of hydrogen-bond acceptors (Lipinski definition) is 2. The van der Waals surface area contributed by atoms with Crippen LogP contribution in [-0.4, -0.2) is 7.11 Å². The second-order valence-corrected chi connectivity index (χ2v) is 14.0. The van der Waals surface area contributed by atoms with Gasteiger partial charge in [-0.25, -0.2) is 0 Å². The molecule has 6 aromatic rings.